The van der Waals surface area contributed by atoms with Gasteiger partial charge >= 0.3 is 0 Å². The van der Waals surface area contributed by atoms with Crippen molar-refractivity contribution in [2.45, 2.75) is 39.3 Å². The van der Waals surface area contributed by atoms with Gasteiger partial charge in [-0.3, -0.25) is 20.4 Å². The number of rotatable bonds is 3. The highest BCUT2D eigenvalue weighted by atomic mass is 19.1. The Morgan fingerprint density at radius 3 is 2.53 bits per heavy atom. The maximum absolute atomic E-state index is 15.7. The minimum absolute atomic E-state index is 0.0643. The van der Waals surface area contributed by atoms with E-state index in [1.165, 1.54) is 17.1 Å². The fourth-order valence-electron chi connectivity index (χ4n) is 4.15. The summed E-state index contributed by atoms with van der Waals surface area (Å²) in [6.45, 7) is 6.39. The quantitative estimate of drug-likeness (QED) is 0.454. The van der Waals surface area contributed by atoms with Gasteiger partial charge in [0.1, 0.15) is 18.2 Å². The van der Waals surface area contributed by atoms with Crippen molar-refractivity contribution in [1.82, 2.24) is 29.3 Å². The number of piperidine rings is 1. The molecule has 3 aromatic heterocycles. The molecule has 1 fully saturated rings. The summed E-state index contributed by atoms with van der Waals surface area (Å²) in [5.41, 5.74) is -0.0698. The molecule has 176 valence electrons. The molecule has 4 heterocycles. The van der Waals surface area contributed by atoms with Gasteiger partial charge in [0.15, 0.2) is 11.5 Å². The molecule has 0 radical (unpaired) electrons. The van der Waals surface area contributed by atoms with Gasteiger partial charge in [0.2, 0.25) is 5.62 Å². The van der Waals surface area contributed by atoms with Gasteiger partial charge in [-0.1, -0.05) is 20.8 Å². The molecule has 34 heavy (non-hydrogen) atoms. The molecule has 1 saturated heterocycles. The molecule has 0 bridgehead atoms. The summed E-state index contributed by atoms with van der Waals surface area (Å²) in [4.78, 5) is 10.7. The monoisotopic (exact) mass is 462 g/mol. The summed E-state index contributed by atoms with van der Waals surface area (Å²) in [7, 11) is 1.73. The Labute approximate surface area is 196 Å². The SMILES string of the molecule is Cn1cnnc1C1(F)CCN(c2c(C#N)ccnc2-c2cnc(=N)n(C(=N)C(C)(C)C)c2)CC1. The zero-order valence-electron chi connectivity index (χ0n) is 19.7. The van der Waals surface area contributed by atoms with Crippen molar-refractivity contribution in [3.8, 4) is 17.3 Å². The number of nitrogens with one attached hydrogen (secondary N) is 2. The zero-order chi connectivity index (χ0) is 24.7. The van der Waals surface area contributed by atoms with Crippen LogP contribution in [0.2, 0.25) is 0 Å². The van der Waals surface area contributed by atoms with Crippen LogP contribution in [-0.2, 0) is 12.7 Å². The van der Waals surface area contributed by atoms with Crippen LogP contribution in [0.3, 0.4) is 0 Å². The van der Waals surface area contributed by atoms with Crippen molar-refractivity contribution in [3.63, 3.8) is 0 Å². The number of hydrogen-bond donors (Lipinski definition) is 2. The van der Waals surface area contributed by atoms with Crippen molar-refractivity contribution in [1.29, 1.82) is 16.1 Å². The number of pyridine rings is 1. The van der Waals surface area contributed by atoms with Crippen molar-refractivity contribution in [3.05, 3.63) is 48.0 Å². The Morgan fingerprint density at radius 2 is 1.94 bits per heavy atom. The lowest BCUT2D eigenvalue weighted by Crippen LogP contribution is -2.42. The summed E-state index contributed by atoms with van der Waals surface area (Å²) in [6, 6.07) is 3.86. The van der Waals surface area contributed by atoms with E-state index in [1.54, 1.807) is 30.1 Å². The number of anilines is 1. The average molecular weight is 463 g/mol. The van der Waals surface area contributed by atoms with E-state index in [2.05, 4.69) is 26.2 Å². The van der Waals surface area contributed by atoms with E-state index in [0.717, 1.165) is 0 Å². The summed E-state index contributed by atoms with van der Waals surface area (Å²) < 4.78 is 18.7. The third kappa shape index (κ3) is 4.07. The Morgan fingerprint density at radius 1 is 1.24 bits per heavy atom. The lowest BCUT2D eigenvalue weighted by molar-refractivity contribution is 0.109. The molecule has 0 aromatic carbocycles. The second-order valence-electron chi connectivity index (χ2n) is 9.52. The molecular weight excluding hydrogens is 435 g/mol. The lowest BCUT2D eigenvalue weighted by Gasteiger charge is -2.37. The van der Waals surface area contributed by atoms with Gasteiger partial charge < -0.3 is 9.47 Å². The number of nitrogens with zero attached hydrogens (tertiary/aromatic N) is 8. The molecule has 0 saturated carbocycles. The van der Waals surface area contributed by atoms with Gasteiger partial charge in [-0.15, -0.1) is 10.2 Å². The Hall–Kier alpha value is -3.94. The van der Waals surface area contributed by atoms with Crippen LogP contribution in [0.5, 0.6) is 0 Å². The van der Waals surface area contributed by atoms with Gasteiger partial charge in [0, 0.05) is 62.5 Å². The molecular formula is C23H27FN10. The van der Waals surface area contributed by atoms with Crippen molar-refractivity contribution < 1.29 is 4.39 Å². The number of hydrogen-bond acceptors (Lipinski definition) is 8. The average Bonchev–Trinajstić information content (AvgIpc) is 3.25. The highest BCUT2D eigenvalue weighted by Crippen LogP contribution is 2.40. The predicted octanol–water partition coefficient (Wildman–Crippen LogP) is 2.76. The van der Waals surface area contributed by atoms with Crippen molar-refractivity contribution >= 4 is 11.5 Å². The molecule has 10 nitrogen and oxygen atoms in total. The Balaban J connectivity index is 1.74. The van der Waals surface area contributed by atoms with Gasteiger partial charge in [0.05, 0.1) is 16.9 Å². The molecule has 0 atom stereocenters. The van der Waals surface area contributed by atoms with Crippen LogP contribution >= 0.6 is 0 Å². The topological polar surface area (TPSA) is 136 Å². The maximum Gasteiger partial charge on any atom is 0.227 e. The fourth-order valence-corrected chi connectivity index (χ4v) is 4.15. The number of alkyl halides is 1. The van der Waals surface area contributed by atoms with E-state index in [4.69, 9.17) is 10.8 Å². The smallest absolute Gasteiger partial charge is 0.227 e. The maximum atomic E-state index is 15.7. The highest BCUT2D eigenvalue weighted by molar-refractivity contribution is 5.87. The number of aryl methyl sites for hydroxylation is 1. The summed E-state index contributed by atoms with van der Waals surface area (Å²) in [5, 5.41) is 34.3. The number of aromatic nitrogens is 6. The highest BCUT2D eigenvalue weighted by Gasteiger charge is 2.41. The molecule has 2 N–H and O–H groups in total. The van der Waals surface area contributed by atoms with Gasteiger partial charge in [-0.05, 0) is 6.07 Å². The fraction of sp³-hybridized carbons (Fsp3) is 0.435. The standard InChI is InChI=1S/C23H27FN10/c1-22(2,3)19(26)34-13-16(12-29-21(34)27)17-18(15(11-25)5-8-28-17)33-9-6-23(24,7-10-33)20-31-30-14-32(20)4/h5,8,12-14,26-27H,6-7,9-10H2,1-4H3. The Kier molecular flexibility index (Phi) is 5.77. The van der Waals surface area contributed by atoms with E-state index in [9.17, 15) is 5.26 Å². The van der Waals surface area contributed by atoms with E-state index < -0.39 is 11.1 Å². The molecule has 3 aromatic rings. The van der Waals surface area contributed by atoms with E-state index in [-0.39, 0.29) is 24.3 Å². The molecule has 0 unspecified atom stereocenters. The lowest BCUT2D eigenvalue weighted by atomic mass is 9.91. The van der Waals surface area contributed by atoms with E-state index >= 15 is 4.39 Å². The van der Waals surface area contributed by atoms with Crippen LogP contribution in [-0.4, -0.2) is 48.2 Å². The van der Waals surface area contributed by atoms with Gasteiger partial charge in [0.25, 0.3) is 0 Å². The predicted molar refractivity (Wildman–Crippen MR) is 124 cm³/mol. The van der Waals surface area contributed by atoms with E-state index in [1.807, 2.05) is 25.7 Å². The summed E-state index contributed by atoms with van der Waals surface area (Å²) in [5.74, 6) is 0.518. The largest absolute Gasteiger partial charge is 0.368 e. The molecule has 11 heteroatoms. The second kappa shape index (κ2) is 8.44. The molecule has 0 amide bonds. The molecule has 0 spiro atoms. The van der Waals surface area contributed by atoms with Crippen LogP contribution in [0.15, 0.2) is 31.0 Å². The molecule has 4 rings (SSSR count). The first kappa shape index (κ1) is 23.2. The minimum Gasteiger partial charge on any atom is -0.368 e. The Bertz CT molecular complexity index is 1330. The van der Waals surface area contributed by atoms with Crippen LogP contribution in [0.1, 0.15) is 45.0 Å². The first-order chi connectivity index (χ1) is 16.0. The van der Waals surface area contributed by atoms with Crippen molar-refractivity contribution in [2.75, 3.05) is 18.0 Å². The van der Waals surface area contributed by atoms with Gasteiger partial charge in [-0.25, -0.2) is 9.37 Å². The van der Waals surface area contributed by atoms with E-state index in [0.29, 0.717) is 41.4 Å². The van der Waals surface area contributed by atoms with Crippen molar-refractivity contribution in [2.24, 2.45) is 12.5 Å². The van der Waals surface area contributed by atoms with Crippen LogP contribution in [0.25, 0.3) is 11.3 Å². The first-order valence-corrected chi connectivity index (χ1v) is 11.0. The zero-order valence-corrected chi connectivity index (χ0v) is 19.7. The first-order valence-electron chi connectivity index (χ1n) is 11.0. The van der Waals surface area contributed by atoms with Crippen LogP contribution in [0, 0.1) is 27.6 Å². The molecule has 0 aliphatic carbocycles. The van der Waals surface area contributed by atoms with Gasteiger partial charge in [-0.2, -0.15) is 5.26 Å². The third-order valence-electron chi connectivity index (χ3n) is 6.08. The third-order valence-corrected chi connectivity index (χ3v) is 6.08. The molecule has 1 aliphatic heterocycles. The number of nitriles is 1. The normalized spacial score (nSPS) is 15.7. The summed E-state index contributed by atoms with van der Waals surface area (Å²) in [6.07, 6.45) is 6.59. The minimum atomic E-state index is -1.60. The second-order valence-corrected chi connectivity index (χ2v) is 9.52. The van der Waals surface area contributed by atoms with Crippen LogP contribution < -0.4 is 10.5 Å². The molecule has 1 aliphatic rings. The van der Waals surface area contributed by atoms with Crippen LogP contribution in [0.4, 0.5) is 10.1 Å². The summed E-state index contributed by atoms with van der Waals surface area (Å²) >= 11 is 0. The number of halogens is 1.